The Kier molecular flexibility index (Phi) is 3.63. The Hall–Kier alpha value is -1.77. The van der Waals surface area contributed by atoms with Crippen molar-refractivity contribution in [2.75, 3.05) is 0 Å². The monoisotopic (exact) mass is 312 g/mol. The van der Waals surface area contributed by atoms with E-state index in [1.165, 1.54) is 6.20 Å². The molecule has 0 aliphatic carbocycles. The summed E-state index contributed by atoms with van der Waals surface area (Å²) in [6, 6.07) is 0.994. The number of hydrogen-bond acceptors (Lipinski definition) is 3. The molecule has 0 bridgehead atoms. The number of hydrogen-bond donors (Lipinski definition) is 0. The molecule has 2 rings (SSSR count). The average molecular weight is 312 g/mol. The van der Waals surface area contributed by atoms with Gasteiger partial charge < -0.3 is 4.74 Å². The van der Waals surface area contributed by atoms with E-state index in [9.17, 15) is 26.3 Å². The number of alkyl halides is 6. The zero-order valence-electron chi connectivity index (χ0n) is 9.34. The highest BCUT2D eigenvalue weighted by molar-refractivity contribution is 7.10. The van der Waals surface area contributed by atoms with Crippen LogP contribution in [0.2, 0.25) is 0 Å². The maximum Gasteiger partial charge on any atom is 0.416 e. The molecule has 107 valence electrons. The van der Waals surface area contributed by atoms with E-state index in [-0.39, 0.29) is 11.3 Å². The number of aromatic nitrogens is 1. The third-order valence-electron chi connectivity index (χ3n) is 2.14. The Balaban J connectivity index is 2.46. The normalized spacial score (nSPS) is 12.5. The van der Waals surface area contributed by atoms with Crippen molar-refractivity contribution in [1.29, 1.82) is 0 Å². The smallest absolute Gasteiger partial charge is 0.416 e. The summed E-state index contributed by atoms with van der Waals surface area (Å²) in [6.07, 6.45) is -8.62. The summed E-state index contributed by atoms with van der Waals surface area (Å²) < 4.78 is 80.3. The van der Waals surface area contributed by atoms with E-state index in [0.29, 0.717) is 12.1 Å². The van der Waals surface area contributed by atoms with Crippen LogP contribution in [0.25, 0.3) is 0 Å². The Bertz CT molecular complexity index is 558. The third-order valence-corrected chi connectivity index (χ3v) is 2.72. The molecular weight excluding hydrogens is 308 g/mol. The van der Waals surface area contributed by atoms with Gasteiger partial charge in [-0.3, -0.25) is 0 Å². The van der Waals surface area contributed by atoms with E-state index in [4.69, 9.17) is 4.74 Å². The largest absolute Gasteiger partial charge is 0.431 e. The molecule has 0 N–H and O–H groups in total. The van der Waals surface area contributed by atoms with Gasteiger partial charge in [0.1, 0.15) is 5.75 Å². The first-order valence-electron chi connectivity index (χ1n) is 4.95. The Morgan fingerprint density at radius 2 is 1.50 bits per heavy atom. The van der Waals surface area contributed by atoms with Crippen LogP contribution in [-0.2, 0) is 12.4 Å². The first-order valence-corrected chi connectivity index (χ1v) is 5.77. The van der Waals surface area contributed by atoms with Crippen LogP contribution < -0.4 is 4.74 Å². The van der Waals surface area contributed by atoms with E-state index < -0.39 is 29.2 Å². The van der Waals surface area contributed by atoms with Crippen LogP contribution in [-0.4, -0.2) is 4.98 Å². The zero-order valence-corrected chi connectivity index (χ0v) is 10.2. The molecule has 1 radical (unpaired) electrons. The number of halogens is 6. The fourth-order valence-electron chi connectivity index (χ4n) is 1.32. The van der Waals surface area contributed by atoms with Gasteiger partial charge in [0.15, 0.2) is 0 Å². The number of rotatable bonds is 2. The van der Waals surface area contributed by atoms with Crippen molar-refractivity contribution in [3.8, 4) is 10.9 Å². The highest BCUT2D eigenvalue weighted by Crippen LogP contribution is 2.39. The Labute approximate surface area is 112 Å². The van der Waals surface area contributed by atoms with Crippen LogP contribution >= 0.6 is 11.3 Å². The first kappa shape index (κ1) is 14.6. The van der Waals surface area contributed by atoms with Gasteiger partial charge in [-0.15, -0.1) is 0 Å². The summed E-state index contributed by atoms with van der Waals surface area (Å²) in [5.74, 6) is -0.588. The van der Waals surface area contributed by atoms with Gasteiger partial charge in [-0.25, -0.2) is 4.98 Å². The number of thiazole rings is 1. The minimum atomic E-state index is -4.91. The van der Waals surface area contributed by atoms with Gasteiger partial charge in [-0.1, -0.05) is 11.3 Å². The van der Waals surface area contributed by atoms with E-state index in [0.717, 1.165) is 11.3 Å². The van der Waals surface area contributed by atoms with Crippen LogP contribution in [0, 0.1) is 5.38 Å². The van der Waals surface area contributed by atoms with Gasteiger partial charge in [0, 0.05) is 0 Å². The molecule has 1 aromatic heterocycles. The van der Waals surface area contributed by atoms with E-state index in [1.807, 2.05) is 0 Å². The van der Waals surface area contributed by atoms with Crippen LogP contribution in [0.3, 0.4) is 0 Å². The van der Waals surface area contributed by atoms with Gasteiger partial charge in [0.05, 0.1) is 22.7 Å². The lowest BCUT2D eigenvalue weighted by Crippen LogP contribution is -2.10. The molecule has 20 heavy (non-hydrogen) atoms. The molecule has 0 amide bonds. The summed E-state index contributed by atoms with van der Waals surface area (Å²) >= 11 is 0.824. The van der Waals surface area contributed by atoms with Crippen molar-refractivity contribution >= 4 is 11.3 Å². The Morgan fingerprint density at radius 3 is 1.90 bits per heavy atom. The minimum absolute atomic E-state index is 0.0286. The molecule has 2 nitrogen and oxygen atoms in total. The quantitative estimate of drug-likeness (QED) is 0.745. The second-order valence-electron chi connectivity index (χ2n) is 3.59. The molecule has 0 saturated heterocycles. The first-order chi connectivity index (χ1) is 9.16. The van der Waals surface area contributed by atoms with Gasteiger partial charge in [-0.05, 0) is 18.2 Å². The second kappa shape index (κ2) is 4.97. The van der Waals surface area contributed by atoms with Crippen molar-refractivity contribution in [2.24, 2.45) is 0 Å². The lowest BCUT2D eigenvalue weighted by molar-refractivity contribution is -0.143. The summed E-state index contributed by atoms with van der Waals surface area (Å²) in [5, 5.41) is 2.40. The predicted molar refractivity (Wildman–Crippen MR) is 57.5 cm³/mol. The van der Waals surface area contributed by atoms with Crippen molar-refractivity contribution in [3.05, 3.63) is 40.9 Å². The molecule has 0 spiro atoms. The van der Waals surface area contributed by atoms with Crippen molar-refractivity contribution in [1.82, 2.24) is 4.98 Å². The summed E-state index contributed by atoms with van der Waals surface area (Å²) in [5.41, 5.74) is -2.88. The average Bonchev–Trinajstić information content (AvgIpc) is 2.79. The van der Waals surface area contributed by atoms with Crippen LogP contribution in [0.5, 0.6) is 10.9 Å². The molecular formula is C11H4F6NOS. The number of ether oxygens (including phenoxy) is 1. The molecule has 1 heterocycles. The lowest BCUT2D eigenvalue weighted by atomic mass is 10.1. The standard InChI is InChI=1S/C11H4F6NOS/c12-10(13,14)6-3-7(11(15,16)17)5-8(4-6)19-9-18-1-2-20-9/h1,3-5H. The molecule has 0 atom stereocenters. The molecule has 0 unspecified atom stereocenters. The van der Waals surface area contributed by atoms with Crippen LogP contribution in [0.4, 0.5) is 26.3 Å². The van der Waals surface area contributed by atoms with Crippen molar-refractivity contribution in [2.45, 2.75) is 12.4 Å². The van der Waals surface area contributed by atoms with Gasteiger partial charge in [0.25, 0.3) is 5.19 Å². The maximum atomic E-state index is 12.6. The minimum Gasteiger partial charge on any atom is -0.431 e. The fraction of sp³-hybridized carbons (Fsp3) is 0.182. The fourth-order valence-corrected chi connectivity index (χ4v) is 1.77. The molecule has 1 aromatic carbocycles. The van der Waals surface area contributed by atoms with Crippen molar-refractivity contribution < 1.29 is 31.1 Å². The van der Waals surface area contributed by atoms with E-state index in [1.54, 1.807) is 0 Å². The van der Waals surface area contributed by atoms with Gasteiger partial charge >= 0.3 is 12.4 Å². The van der Waals surface area contributed by atoms with E-state index >= 15 is 0 Å². The maximum absolute atomic E-state index is 12.6. The van der Waals surface area contributed by atoms with Crippen LogP contribution in [0.1, 0.15) is 11.1 Å². The third kappa shape index (κ3) is 3.41. The zero-order chi connectivity index (χ0) is 15.0. The highest BCUT2D eigenvalue weighted by atomic mass is 32.1. The predicted octanol–water partition coefficient (Wildman–Crippen LogP) is 4.77. The van der Waals surface area contributed by atoms with Crippen molar-refractivity contribution in [3.63, 3.8) is 0 Å². The Morgan fingerprint density at radius 1 is 0.950 bits per heavy atom. The SMILES string of the molecule is FC(F)(F)c1cc(Oc2nc[c]s2)cc(C(F)(F)F)c1. The van der Waals surface area contributed by atoms with Gasteiger partial charge in [0.2, 0.25) is 0 Å². The van der Waals surface area contributed by atoms with E-state index in [2.05, 4.69) is 10.4 Å². The molecule has 0 aliphatic rings. The molecule has 9 heteroatoms. The molecule has 2 aromatic rings. The van der Waals surface area contributed by atoms with Gasteiger partial charge in [-0.2, -0.15) is 26.3 Å². The number of benzene rings is 1. The summed E-state index contributed by atoms with van der Waals surface area (Å²) in [7, 11) is 0. The molecule has 0 aliphatic heterocycles. The molecule has 0 saturated carbocycles. The molecule has 0 fully saturated rings. The van der Waals surface area contributed by atoms with Crippen LogP contribution in [0.15, 0.2) is 24.4 Å². The number of nitrogens with zero attached hydrogens (tertiary/aromatic N) is 1. The topological polar surface area (TPSA) is 22.1 Å². The second-order valence-corrected chi connectivity index (χ2v) is 4.38. The summed E-state index contributed by atoms with van der Waals surface area (Å²) in [6.45, 7) is 0. The highest BCUT2D eigenvalue weighted by Gasteiger charge is 2.37. The lowest BCUT2D eigenvalue weighted by Gasteiger charge is -2.13. The summed E-state index contributed by atoms with van der Waals surface area (Å²) in [4.78, 5) is 3.57.